The maximum Gasteiger partial charge on any atom is 0.237 e. The molecule has 2 unspecified atom stereocenters. The lowest BCUT2D eigenvalue weighted by Gasteiger charge is -2.33. The first-order valence-corrected chi connectivity index (χ1v) is 25.6. The minimum atomic E-state index is -0.490. The number of amides is 1. The number of hydrogen-bond acceptors (Lipinski definition) is 6. The van der Waals surface area contributed by atoms with E-state index in [0.717, 1.165) is 69.6 Å². The third-order valence-electron chi connectivity index (χ3n) is 11.6. The summed E-state index contributed by atoms with van der Waals surface area (Å²) in [6.07, 6.45) is 49.2. The smallest absolute Gasteiger partial charge is 0.237 e. The highest BCUT2D eigenvalue weighted by Gasteiger charge is 2.24. The Hall–Kier alpha value is -1.29. The molecule has 0 aromatic rings. The van der Waals surface area contributed by atoms with Gasteiger partial charge in [0, 0.05) is 13.2 Å². The molecule has 2 atom stereocenters. The van der Waals surface area contributed by atoms with Crippen molar-refractivity contribution in [1.82, 2.24) is 10.6 Å². The van der Waals surface area contributed by atoms with Crippen LogP contribution in [0.3, 0.4) is 0 Å². The number of nitrogens with one attached hydrogen (secondary N) is 2. The Morgan fingerprint density at radius 2 is 1.03 bits per heavy atom. The summed E-state index contributed by atoms with van der Waals surface area (Å²) in [5.41, 5.74) is 11.7. The van der Waals surface area contributed by atoms with Gasteiger partial charge in [-0.25, -0.2) is 0 Å². The van der Waals surface area contributed by atoms with Crippen molar-refractivity contribution < 1.29 is 18.8 Å². The van der Waals surface area contributed by atoms with Gasteiger partial charge in [0.2, 0.25) is 5.91 Å². The highest BCUT2D eigenvalue weighted by atomic mass is 16.5. The van der Waals surface area contributed by atoms with Crippen LogP contribution in [0, 0.1) is 0 Å². The van der Waals surface area contributed by atoms with Crippen molar-refractivity contribution in [2.45, 2.75) is 225 Å². The van der Waals surface area contributed by atoms with Crippen LogP contribution in [0.2, 0.25) is 0 Å². The molecule has 0 radical (unpaired) electrons. The first-order chi connectivity index (χ1) is 28.9. The van der Waals surface area contributed by atoms with Crippen molar-refractivity contribution >= 4 is 5.91 Å². The number of rotatable bonds is 48. The van der Waals surface area contributed by atoms with Gasteiger partial charge in [0.05, 0.1) is 39.8 Å². The number of unbranched alkanes of at least 4 members (excludes halogenated alkanes) is 25. The van der Waals surface area contributed by atoms with E-state index in [-0.39, 0.29) is 12.0 Å². The third-order valence-corrected chi connectivity index (χ3v) is 11.6. The molecule has 0 aliphatic heterocycles. The summed E-state index contributed by atoms with van der Waals surface area (Å²) in [5.74, 6) is -0.0690. The highest BCUT2D eigenvalue weighted by molar-refractivity contribution is 5.81. The zero-order valence-electron chi connectivity index (χ0n) is 40.1. The number of ether oxygens (including phenoxy) is 2. The molecule has 350 valence electrons. The fourth-order valence-corrected chi connectivity index (χ4v) is 7.58. The van der Waals surface area contributed by atoms with Crippen molar-refractivity contribution in [2.24, 2.45) is 11.5 Å². The van der Waals surface area contributed by atoms with E-state index in [9.17, 15) is 4.79 Å². The molecule has 0 bridgehead atoms. The largest absolute Gasteiger partial charge is 0.379 e. The molecule has 0 heterocycles. The Labute approximate surface area is 368 Å². The lowest BCUT2D eigenvalue weighted by Crippen LogP contribution is -2.52. The lowest BCUT2D eigenvalue weighted by molar-refractivity contribution is -0.892. The molecule has 0 aliphatic carbocycles. The number of likely N-dealkylation sites (N-methyl/N-ethyl adjacent to an activating group) is 1. The quantitative estimate of drug-likeness (QED) is 0.0276. The lowest BCUT2D eigenvalue weighted by atomic mass is 10.1. The van der Waals surface area contributed by atoms with Gasteiger partial charge >= 0.3 is 0 Å². The fourth-order valence-electron chi connectivity index (χ4n) is 7.58. The molecule has 0 fully saturated rings. The maximum absolute atomic E-state index is 12.7. The molecular weight excluding hydrogens is 731 g/mol. The second kappa shape index (κ2) is 46.2. The van der Waals surface area contributed by atoms with E-state index in [1.54, 1.807) is 0 Å². The summed E-state index contributed by atoms with van der Waals surface area (Å²) in [4.78, 5) is 12.7. The van der Waals surface area contributed by atoms with E-state index in [4.69, 9.17) is 20.9 Å². The second-order valence-corrected chi connectivity index (χ2v) is 18.2. The molecule has 6 N–H and O–H groups in total. The molecule has 0 saturated carbocycles. The molecule has 0 saturated heterocycles. The van der Waals surface area contributed by atoms with Crippen LogP contribution >= 0.6 is 0 Å². The highest BCUT2D eigenvalue weighted by Crippen LogP contribution is 2.13. The van der Waals surface area contributed by atoms with Gasteiger partial charge in [-0.3, -0.25) is 4.79 Å². The Kier molecular flexibility index (Phi) is 45.2. The molecule has 0 spiro atoms. The summed E-state index contributed by atoms with van der Waals surface area (Å²) in [7, 11) is 4.45. The number of nitrogens with zero attached hydrogens (tertiary/aromatic N) is 1. The maximum atomic E-state index is 12.7. The summed E-state index contributed by atoms with van der Waals surface area (Å²) in [6, 6.07) is -0.490. The number of nitrogens with two attached hydrogens (primary N) is 2. The monoisotopic (exact) mass is 835 g/mol. The van der Waals surface area contributed by atoms with Crippen molar-refractivity contribution in [3.8, 4) is 0 Å². The van der Waals surface area contributed by atoms with Gasteiger partial charge < -0.3 is 36.1 Å². The molecule has 8 nitrogen and oxygen atoms in total. The van der Waals surface area contributed by atoms with E-state index in [0.29, 0.717) is 26.1 Å². The van der Waals surface area contributed by atoms with Crippen molar-refractivity contribution in [1.29, 1.82) is 0 Å². The number of hydrogen-bond donors (Lipinski definition) is 4. The summed E-state index contributed by atoms with van der Waals surface area (Å²) in [5, 5.41) is 6.44. The molecule has 8 heteroatoms. The second-order valence-electron chi connectivity index (χ2n) is 18.2. The van der Waals surface area contributed by atoms with E-state index in [1.165, 1.54) is 167 Å². The molecule has 0 rings (SSSR count). The normalized spacial score (nSPS) is 13.3. The van der Waals surface area contributed by atoms with Crippen molar-refractivity contribution in [3.63, 3.8) is 0 Å². The van der Waals surface area contributed by atoms with Gasteiger partial charge in [0.15, 0.2) is 0 Å². The molecule has 1 amide bonds. The van der Waals surface area contributed by atoms with Gasteiger partial charge in [-0.15, -0.1) is 0 Å². The molecule has 0 aromatic heterocycles. The minimum Gasteiger partial charge on any atom is -0.379 e. The minimum absolute atomic E-state index is 0.0468. The summed E-state index contributed by atoms with van der Waals surface area (Å²) in [6.45, 7) is 11.4. The zero-order chi connectivity index (χ0) is 43.2. The van der Waals surface area contributed by atoms with Crippen molar-refractivity contribution in [3.05, 3.63) is 24.3 Å². The van der Waals surface area contributed by atoms with Crippen LogP contribution in [0.1, 0.15) is 213 Å². The molecule has 0 aromatic carbocycles. The topological polar surface area (TPSA) is 112 Å². The zero-order valence-corrected chi connectivity index (χ0v) is 40.1. The van der Waals surface area contributed by atoms with Crippen LogP contribution in [0.25, 0.3) is 0 Å². The van der Waals surface area contributed by atoms with Crippen LogP contribution in [-0.4, -0.2) is 95.7 Å². The van der Waals surface area contributed by atoms with E-state index in [1.807, 2.05) is 0 Å². The standard InChI is InChI=1S/C51H103N5O3/c1-5-7-9-11-13-15-17-19-21-23-25-27-29-31-33-37-45-58-48-49(47-56(3,4)44-43-55-51(57)50(53)39-42-54-41-36-35-40-52)59-46-38-34-32-30-28-26-24-22-20-18-16-14-12-10-8-6-2/h19-22,49-50,54H,5-18,23-48,52-53H2,1-4H3/p+1/b21-19-,22-20-. The number of quaternary nitrogens is 1. The van der Waals surface area contributed by atoms with Gasteiger partial charge in [-0.1, -0.05) is 154 Å². The van der Waals surface area contributed by atoms with Crippen molar-refractivity contribution in [2.75, 3.05) is 73.2 Å². The van der Waals surface area contributed by atoms with Crippen LogP contribution in [0.15, 0.2) is 24.3 Å². The van der Waals surface area contributed by atoms with E-state index < -0.39 is 6.04 Å². The van der Waals surface area contributed by atoms with Gasteiger partial charge in [-0.2, -0.15) is 0 Å². The Bertz CT molecular complexity index is 914. The first-order valence-electron chi connectivity index (χ1n) is 25.6. The Morgan fingerprint density at radius 3 is 1.53 bits per heavy atom. The average molecular weight is 835 g/mol. The molecule has 59 heavy (non-hydrogen) atoms. The van der Waals surface area contributed by atoms with Gasteiger partial charge in [-0.05, 0) is 103 Å². The predicted octanol–water partition coefficient (Wildman–Crippen LogP) is 11.7. The number of carbonyl (C=O) groups excluding carboxylic acids is 1. The van der Waals surface area contributed by atoms with Gasteiger partial charge in [0.25, 0.3) is 0 Å². The predicted molar refractivity (Wildman–Crippen MR) is 258 cm³/mol. The number of allylic oxidation sites excluding steroid dienone is 4. The molecular formula is C51H104N5O3+. The first kappa shape index (κ1) is 57.7. The van der Waals surface area contributed by atoms with Crippen LogP contribution in [0.5, 0.6) is 0 Å². The molecule has 0 aliphatic rings. The fraction of sp³-hybridized carbons (Fsp3) is 0.902. The van der Waals surface area contributed by atoms with Crippen LogP contribution in [-0.2, 0) is 14.3 Å². The average Bonchev–Trinajstić information content (AvgIpc) is 3.22. The van der Waals surface area contributed by atoms with E-state index in [2.05, 4.69) is 62.9 Å². The summed E-state index contributed by atoms with van der Waals surface area (Å²) >= 11 is 0. The third kappa shape index (κ3) is 44.6. The van der Waals surface area contributed by atoms with Crippen LogP contribution < -0.4 is 22.1 Å². The Balaban J connectivity index is 4.40. The van der Waals surface area contributed by atoms with Gasteiger partial charge in [0.1, 0.15) is 12.6 Å². The summed E-state index contributed by atoms with van der Waals surface area (Å²) < 4.78 is 13.5. The van der Waals surface area contributed by atoms with Crippen LogP contribution in [0.4, 0.5) is 0 Å². The SMILES string of the molecule is CCCCCCCC/C=C\CCCCCCCCOCC(C[N+](C)(C)CCNC(=O)C(N)CCNCCCCN)OCCCCCCCC/C=C\CCCCCCCC. The number of carbonyl (C=O) groups is 1. The Morgan fingerprint density at radius 1 is 0.576 bits per heavy atom. The van der Waals surface area contributed by atoms with E-state index >= 15 is 0 Å².